The zero-order valence-electron chi connectivity index (χ0n) is 8.55. The number of hydrogen-bond donors (Lipinski definition) is 1. The van der Waals surface area contributed by atoms with E-state index in [9.17, 15) is 4.79 Å². The second-order valence-electron chi connectivity index (χ2n) is 3.63. The van der Waals surface area contributed by atoms with Crippen LogP contribution in [0.3, 0.4) is 0 Å². The Labute approximate surface area is 88.1 Å². The molecule has 2 nitrogen and oxygen atoms in total. The number of nitrogens with one attached hydrogen (secondary N) is 1. The van der Waals surface area contributed by atoms with Crippen LogP contribution in [0.2, 0.25) is 0 Å². The molecule has 0 fully saturated rings. The van der Waals surface area contributed by atoms with E-state index in [1.54, 1.807) is 11.8 Å². The van der Waals surface area contributed by atoms with Gasteiger partial charge < -0.3 is 5.32 Å². The maximum absolute atomic E-state index is 11.5. The summed E-state index contributed by atoms with van der Waals surface area (Å²) in [6.45, 7) is 6.04. The van der Waals surface area contributed by atoms with E-state index in [1.165, 1.54) is 16.0 Å². The van der Waals surface area contributed by atoms with Gasteiger partial charge in [-0.05, 0) is 38.0 Å². The first kappa shape index (κ1) is 9.59. The first-order chi connectivity index (χ1) is 6.59. The molecule has 0 saturated carbocycles. The van der Waals surface area contributed by atoms with E-state index in [2.05, 4.69) is 24.4 Å². The van der Waals surface area contributed by atoms with Crippen LogP contribution in [0.4, 0.5) is 5.69 Å². The van der Waals surface area contributed by atoms with Crippen LogP contribution in [0.1, 0.15) is 18.1 Å². The van der Waals surface area contributed by atoms with Crippen molar-refractivity contribution in [2.75, 3.05) is 5.32 Å². The van der Waals surface area contributed by atoms with E-state index in [0.29, 0.717) is 0 Å². The van der Waals surface area contributed by atoms with Crippen LogP contribution >= 0.6 is 11.8 Å². The van der Waals surface area contributed by atoms with Crippen LogP contribution in [0.15, 0.2) is 17.0 Å². The lowest BCUT2D eigenvalue weighted by molar-refractivity contribution is -0.115. The summed E-state index contributed by atoms with van der Waals surface area (Å²) < 4.78 is 0. The summed E-state index contributed by atoms with van der Waals surface area (Å²) in [7, 11) is 0. The Morgan fingerprint density at radius 2 is 2.07 bits per heavy atom. The van der Waals surface area contributed by atoms with Gasteiger partial charge in [-0.3, -0.25) is 4.79 Å². The number of carbonyl (C=O) groups is 1. The molecule has 0 saturated heterocycles. The molecule has 1 aromatic rings. The average molecular weight is 207 g/mol. The minimum Gasteiger partial charge on any atom is -0.324 e. The van der Waals surface area contributed by atoms with E-state index < -0.39 is 0 Å². The number of anilines is 1. The average Bonchev–Trinajstić information content (AvgIpc) is 2.15. The third-order valence-corrected chi connectivity index (χ3v) is 3.78. The highest BCUT2D eigenvalue weighted by Gasteiger charge is 2.24. The zero-order chi connectivity index (χ0) is 10.3. The number of fused-ring (bicyclic) bond motifs is 1. The number of benzene rings is 1. The zero-order valence-corrected chi connectivity index (χ0v) is 9.37. The molecular weight excluding hydrogens is 194 g/mol. The van der Waals surface area contributed by atoms with E-state index in [0.717, 1.165) is 5.69 Å². The summed E-state index contributed by atoms with van der Waals surface area (Å²) in [4.78, 5) is 12.7. The molecule has 2 rings (SSSR count). The molecule has 1 aliphatic heterocycles. The molecule has 74 valence electrons. The fourth-order valence-corrected chi connectivity index (χ4v) is 2.53. The Morgan fingerprint density at radius 1 is 1.36 bits per heavy atom. The normalized spacial score (nSPS) is 20.2. The maximum atomic E-state index is 11.5. The third-order valence-electron chi connectivity index (χ3n) is 2.62. The van der Waals surface area contributed by atoms with Crippen molar-refractivity contribution in [2.24, 2.45) is 0 Å². The van der Waals surface area contributed by atoms with Gasteiger partial charge in [0.15, 0.2) is 0 Å². The van der Waals surface area contributed by atoms with Gasteiger partial charge in [-0.25, -0.2) is 0 Å². The van der Waals surface area contributed by atoms with Crippen molar-refractivity contribution in [1.82, 2.24) is 0 Å². The number of rotatable bonds is 0. The molecule has 1 aliphatic rings. The molecule has 3 heteroatoms. The fourth-order valence-electron chi connectivity index (χ4n) is 1.51. The molecule has 14 heavy (non-hydrogen) atoms. The predicted octanol–water partition coefficient (Wildman–Crippen LogP) is 2.74. The van der Waals surface area contributed by atoms with Gasteiger partial charge in [0, 0.05) is 4.90 Å². The molecule has 1 unspecified atom stereocenters. The first-order valence-electron chi connectivity index (χ1n) is 4.67. The van der Waals surface area contributed by atoms with Crippen molar-refractivity contribution in [3.63, 3.8) is 0 Å². The number of carbonyl (C=O) groups excluding carboxylic acids is 1. The van der Waals surface area contributed by atoms with E-state index in [4.69, 9.17) is 0 Å². The molecule has 1 N–H and O–H groups in total. The lowest BCUT2D eigenvalue weighted by Crippen LogP contribution is -2.27. The van der Waals surface area contributed by atoms with Crippen molar-refractivity contribution in [2.45, 2.75) is 30.9 Å². The summed E-state index contributed by atoms with van der Waals surface area (Å²) >= 11 is 1.63. The molecule has 0 bridgehead atoms. The van der Waals surface area contributed by atoms with Gasteiger partial charge in [-0.2, -0.15) is 0 Å². The monoisotopic (exact) mass is 207 g/mol. The van der Waals surface area contributed by atoms with Crippen LogP contribution in [-0.4, -0.2) is 11.2 Å². The highest BCUT2D eigenvalue weighted by atomic mass is 32.2. The largest absolute Gasteiger partial charge is 0.324 e. The van der Waals surface area contributed by atoms with Crippen molar-refractivity contribution in [3.05, 3.63) is 23.3 Å². The molecule has 1 atom stereocenters. The quantitative estimate of drug-likeness (QED) is 0.708. The molecular formula is C11H13NOS. The van der Waals surface area contributed by atoms with Gasteiger partial charge in [-0.15, -0.1) is 11.8 Å². The lowest BCUT2D eigenvalue weighted by atomic mass is 10.1. The Bertz CT molecular complexity index is 401. The topological polar surface area (TPSA) is 29.1 Å². The Kier molecular flexibility index (Phi) is 2.27. The Balaban J connectivity index is 2.52. The number of amides is 1. The SMILES string of the molecule is Cc1ccc2c(c1C)NC(=O)C(C)S2. The van der Waals surface area contributed by atoms with E-state index >= 15 is 0 Å². The molecule has 0 radical (unpaired) electrons. The highest BCUT2D eigenvalue weighted by Crippen LogP contribution is 2.38. The van der Waals surface area contributed by atoms with Gasteiger partial charge in [-0.1, -0.05) is 6.07 Å². The van der Waals surface area contributed by atoms with Crippen LogP contribution in [0.25, 0.3) is 0 Å². The standard InChI is InChI=1S/C11H13NOS/c1-6-4-5-9-10(7(6)2)12-11(13)8(3)14-9/h4-5,8H,1-3H3,(H,12,13). The summed E-state index contributed by atoms with van der Waals surface area (Å²) in [6.07, 6.45) is 0. The van der Waals surface area contributed by atoms with Crippen molar-refractivity contribution in [1.29, 1.82) is 0 Å². The molecule has 1 amide bonds. The number of thioether (sulfide) groups is 1. The maximum Gasteiger partial charge on any atom is 0.237 e. The van der Waals surface area contributed by atoms with Gasteiger partial charge in [0.1, 0.15) is 0 Å². The fraction of sp³-hybridized carbons (Fsp3) is 0.364. The molecule has 0 aromatic heterocycles. The molecule has 0 aliphatic carbocycles. The minimum atomic E-state index is 0.0182. The second-order valence-corrected chi connectivity index (χ2v) is 5.01. The van der Waals surface area contributed by atoms with Crippen LogP contribution < -0.4 is 5.32 Å². The molecule has 1 aromatic carbocycles. The van der Waals surface area contributed by atoms with Crippen LogP contribution in [-0.2, 0) is 4.79 Å². The number of aryl methyl sites for hydroxylation is 1. The number of hydrogen-bond acceptors (Lipinski definition) is 2. The predicted molar refractivity (Wildman–Crippen MR) is 59.9 cm³/mol. The Morgan fingerprint density at radius 3 is 2.79 bits per heavy atom. The summed E-state index contributed by atoms with van der Waals surface area (Å²) in [5.41, 5.74) is 3.40. The Hall–Kier alpha value is -0.960. The molecule has 1 heterocycles. The van der Waals surface area contributed by atoms with Crippen molar-refractivity contribution < 1.29 is 4.79 Å². The van der Waals surface area contributed by atoms with E-state index in [1.807, 2.05) is 13.8 Å². The third kappa shape index (κ3) is 1.42. The second kappa shape index (κ2) is 3.31. The summed E-state index contributed by atoms with van der Waals surface area (Å²) in [6, 6.07) is 4.18. The van der Waals surface area contributed by atoms with Gasteiger partial charge >= 0.3 is 0 Å². The molecule has 0 spiro atoms. The summed E-state index contributed by atoms with van der Waals surface area (Å²) in [5.74, 6) is 0.108. The van der Waals surface area contributed by atoms with Gasteiger partial charge in [0.25, 0.3) is 0 Å². The summed E-state index contributed by atoms with van der Waals surface area (Å²) in [5, 5.41) is 2.98. The van der Waals surface area contributed by atoms with Gasteiger partial charge in [0.05, 0.1) is 10.9 Å². The van der Waals surface area contributed by atoms with Crippen LogP contribution in [0.5, 0.6) is 0 Å². The van der Waals surface area contributed by atoms with Crippen molar-refractivity contribution >= 4 is 23.4 Å². The minimum absolute atomic E-state index is 0.0182. The van der Waals surface area contributed by atoms with E-state index in [-0.39, 0.29) is 11.2 Å². The smallest absolute Gasteiger partial charge is 0.237 e. The lowest BCUT2D eigenvalue weighted by Gasteiger charge is -2.23. The van der Waals surface area contributed by atoms with Crippen molar-refractivity contribution in [3.8, 4) is 0 Å². The van der Waals surface area contributed by atoms with Gasteiger partial charge in [0.2, 0.25) is 5.91 Å². The highest BCUT2D eigenvalue weighted by molar-refractivity contribution is 8.00. The first-order valence-corrected chi connectivity index (χ1v) is 5.55. The van der Waals surface area contributed by atoms with Crippen LogP contribution in [0, 0.1) is 13.8 Å².